The van der Waals surface area contributed by atoms with Gasteiger partial charge in [0.1, 0.15) is 18.9 Å². The third-order valence-electron chi connectivity index (χ3n) is 6.06. The second kappa shape index (κ2) is 10.7. The lowest BCUT2D eigenvalue weighted by Crippen LogP contribution is -2.36. The Morgan fingerprint density at radius 1 is 0.919 bits per heavy atom. The van der Waals surface area contributed by atoms with Crippen LogP contribution in [0.15, 0.2) is 95.9 Å². The highest BCUT2D eigenvalue weighted by atomic mass is 32.2. The molecule has 4 aromatic rings. The van der Waals surface area contributed by atoms with Crippen LogP contribution in [-0.4, -0.2) is 28.5 Å². The maximum Gasteiger partial charge on any atom is 0.294 e. The molecule has 7 heteroatoms. The topological polar surface area (TPSA) is 75.7 Å². The average Bonchev–Trinajstić information content (AvgIpc) is 3.16. The molecule has 4 aromatic carbocycles. The number of hydrogen-bond acceptors (Lipinski definition) is 5. The highest BCUT2D eigenvalue weighted by molar-refractivity contribution is 8.18. The van der Waals surface area contributed by atoms with E-state index in [-0.39, 0.29) is 11.4 Å². The van der Waals surface area contributed by atoms with E-state index in [1.165, 1.54) is 0 Å². The molecule has 1 saturated heterocycles. The third kappa shape index (κ3) is 5.42. The molecule has 1 fully saturated rings. The Morgan fingerprint density at radius 3 is 2.51 bits per heavy atom. The number of carbonyl (C=O) groups excluding carboxylic acids is 3. The van der Waals surface area contributed by atoms with Crippen molar-refractivity contribution in [2.45, 2.75) is 13.5 Å². The minimum Gasteiger partial charge on any atom is -0.488 e. The Balaban J connectivity index is 1.30. The molecule has 3 amide bonds. The molecule has 184 valence electrons. The van der Waals surface area contributed by atoms with E-state index in [9.17, 15) is 14.4 Å². The van der Waals surface area contributed by atoms with E-state index >= 15 is 0 Å². The van der Waals surface area contributed by atoms with Gasteiger partial charge in [-0.05, 0) is 58.8 Å². The first-order valence-electron chi connectivity index (χ1n) is 11.8. The van der Waals surface area contributed by atoms with E-state index < -0.39 is 17.1 Å². The quantitative estimate of drug-likeness (QED) is 0.292. The number of thioether (sulfide) groups is 1. The summed E-state index contributed by atoms with van der Waals surface area (Å²) in [7, 11) is 0. The van der Waals surface area contributed by atoms with Crippen molar-refractivity contribution in [3.8, 4) is 5.75 Å². The summed E-state index contributed by atoms with van der Waals surface area (Å²) in [5.41, 5.74) is 3.27. The van der Waals surface area contributed by atoms with Crippen LogP contribution in [-0.2, 0) is 16.2 Å². The number of aryl methyl sites for hydroxylation is 1. The number of fused-ring (bicyclic) bond motifs is 1. The molecule has 0 aromatic heterocycles. The van der Waals surface area contributed by atoms with E-state index in [1.807, 2.05) is 73.7 Å². The maximum atomic E-state index is 13.0. The predicted molar refractivity (Wildman–Crippen MR) is 147 cm³/mol. The van der Waals surface area contributed by atoms with Crippen LogP contribution in [0.3, 0.4) is 0 Å². The van der Waals surface area contributed by atoms with Crippen molar-refractivity contribution in [3.05, 3.63) is 113 Å². The summed E-state index contributed by atoms with van der Waals surface area (Å²) >= 11 is 0.816. The molecule has 0 unspecified atom stereocenters. The average molecular weight is 509 g/mol. The predicted octanol–water partition coefficient (Wildman–Crippen LogP) is 6.40. The summed E-state index contributed by atoms with van der Waals surface area (Å²) < 4.78 is 6.14. The lowest BCUT2D eigenvalue weighted by atomic mass is 10.1. The van der Waals surface area contributed by atoms with Crippen LogP contribution in [0.25, 0.3) is 16.8 Å². The Bertz CT molecular complexity index is 1540. The van der Waals surface area contributed by atoms with Gasteiger partial charge in [-0.1, -0.05) is 78.9 Å². The number of ether oxygens (including phenoxy) is 1. The summed E-state index contributed by atoms with van der Waals surface area (Å²) in [6, 6.07) is 28.9. The van der Waals surface area contributed by atoms with Crippen molar-refractivity contribution in [3.63, 3.8) is 0 Å². The van der Waals surface area contributed by atoms with Gasteiger partial charge in [-0.2, -0.15) is 0 Å². The van der Waals surface area contributed by atoms with Gasteiger partial charge in [-0.3, -0.25) is 19.3 Å². The van der Waals surface area contributed by atoms with Gasteiger partial charge in [-0.25, -0.2) is 0 Å². The minimum absolute atomic E-state index is 0.245. The van der Waals surface area contributed by atoms with Gasteiger partial charge >= 0.3 is 0 Å². The normalized spacial score (nSPS) is 14.4. The SMILES string of the molecule is Cc1ccccc1NC(=O)CN1C(=O)S/C(=C\c2ccccc2OCc2cccc3ccccc23)C1=O. The number of hydrogen-bond donors (Lipinski definition) is 1. The summed E-state index contributed by atoms with van der Waals surface area (Å²) in [6.07, 6.45) is 1.64. The maximum absolute atomic E-state index is 13.0. The molecule has 0 atom stereocenters. The second-order valence-corrected chi connectivity index (χ2v) is 9.59. The number of nitrogens with one attached hydrogen (secondary N) is 1. The zero-order chi connectivity index (χ0) is 25.8. The number of para-hydroxylation sites is 2. The molecule has 1 N–H and O–H groups in total. The summed E-state index contributed by atoms with van der Waals surface area (Å²) in [6.45, 7) is 1.88. The van der Waals surface area contributed by atoms with Crippen molar-refractivity contribution in [1.82, 2.24) is 4.90 Å². The highest BCUT2D eigenvalue weighted by Gasteiger charge is 2.36. The number of carbonyl (C=O) groups is 3. The zero-order valence-corrected chi connectivity index (χ0v) is 21.0. The van der Waals surface area contributed by atoms with E-state index in [0.29, 0.717) is 23.6 Å². The molecule has 1 heterocycles. The van der Waals surface area contributed by atoms with Crippen LogP contribution in [0.2, 0.25) is 0 Å². The molecule has 1 aliphatic heterocycles. The van der Waals surface area contributed by atoms with Gasteiger partial charge in [0.05, 0.1) is 4.91 Å². The fraction of sp³-hybridized carbons (Fsp3) is 0.100. The first-order valence-corrected chi connectivity index (χ1v) is 12.6. The molecule has 1 aliphatic rings. The van der Waals surface area contributed by atoms with Crippen LogP contribution >= 0.6 is 11.8 Å². The van der Waals surface area contributed by atoms with Gasteiger partial charge in [0.25, 0.3) is 11.1 Å². The number of nitrogens with zero attached hydrogens (tertiary/aromatic N) is 1. The molecule has 0 aliphatic carbocycles. The number of amides is 3. The van der Waals surface area contributed by atoms with Gasteiger partial charge in [0.2, 0.25) is 5.91 Å². The van der Waals surface area contributed by atoms with Crippen molar-refractivity contribution in [2.75, 3.05) is 11.9 Å². The van der Waals surface area contributed by atoms with E-state index in [0.717, 1.165) is 38.6 Å². The fourth-order valence-electron chi connectivity index (χ4n) is 4.13. The minimum atomic E-state index is -0.501. The molecule has 0 bridgehead atoms. The van der Waals surface area contributed by atoms with Crippen LogP contribution in [0.4, 0.5) is 10.5 Å². The highest BCUT2D eigenvalue weighted by Crippen LogP contribution is 2.34. The van der Waals surface area contributed by atoms with Gasteiger partial charge in [0.15, 0.2) is 0 Å². The molecule has 0 saturated carbocycles. The lowest BCUT2D eigenvalue weighted by molar-refractivity contribution is -0.127. The van der Waals surface area contributed by atoms with Gasteiger partial charge in [-0.15, -0.1) is 0 Å². The number of rotatable bonds is 7. The molecule has 5 rings (SSSR count). The van der Waals surface area contributed by atoms with Crippen LogP contribution < -0.4 is 10.1 Å². The molecule has 0 spiro atoms. The standard InChI is InChI=1S/C30H24N2O4S/c1-20-9-2-6-15-25(20)31-28(33)18-32-29(34)27(37-30(32)35)17-22-11-4-7-16-26(22)36-19-23-13-8-12-21-10-3-5-14-24(21)23/h2-17H,18-19H2,1H3,(H,31,33)/b27-17-. The molecule has 37 heavy (non-hydrogen) atoms. The molecular weight excluding hydrogens is 484 g/mol. The zero-order valence-electron chi connectivity index (χ0n) is 20.1. The monoisotopic (exact) mass is 508 g/mol. The first kappa shape index (κ1) is 24.3. The van der Waals surface area contributed by atoms with E-state index in [2.05, 4.69) is 23.5 Å². The van der Waals surface area contributed by atoms with E-state index in [1.54, 1.807) is 12.1 Å². The fourth-order valence-corrected chi connectivity index (χ4v) is 4.96. The van der Waals surface area contributed by atoms with E-state index in [4.69, 9.17) is 4.74 Å². The second-order valence-electron chi connectivity index (χ2n) is 8.60. The number of anilines is 1. The summed E-state index contributed by atoms with van der Waals surface area (Å²) in [5.74, 6) is -0.338. The Labute approximate surface area is 218 Å². The van der Waals surface area contributed by atoms with Crippen molar-refractivity contribution in [1.29, 1.82) is 0 Å². The number of benzene rings is 4. The molecule has 6 nitrogen and oxygen atoms in total. The van der Waals surface area contributed by atoms with Crippen molar-refractivity contribution < 1.29 is 19.1 Å². The Kier molecular flexibility index (Phi) is 7.05. The first-order chi connectivity index (χ1) is 18.0. The van der Waals surface area contributed by atoms with Crippen LogP contribution in [0.5, 0.6) is 5.75 Å². The van der Waals surface area contributed by atoms with Crippen molar-refractivity contribution in [2.24, 2.45) is 0 Å². The van der Waals surface area contributed by atoms with Gasteiger partial charge < -0.3 is 10.1 Å². The third-order valence-corrected chi connectivity index (χ3v) is 6.97. The van der Waals surface area contributed by atoms with Crippen LogP contribution in [0.1, 0.15) is 16.7 Å². The Hall–Kier alpha value is -4.36. The van der Waals surface area contributed by atoms with Crippen molar-refractivity contribution >= 4 is 51.4 Å². The molecule has 0 radical (unpaired) electrons. The summed E-state index contributed by atoms with van der Waals surface area (Å²) in [4.78, 5) is 39.3. The number of imide groups is 1. The Morgan fingerprint density at radius 2 is 1.65 bits per heavy atom. The lowest BCUT2D eigenvalue weighted by Gasteiger charge is -2.13. The largest absolute Gasteiger partial charge is 0.488 e. The van der Waals surface area contributed by atoms with Crippen LogP contribution in [0, 0.1) is 6.92 Å². The smallest absolute Gasteiger partial charge is 0.294 e. The summed E-state index contributed by atoms with van der Waals surface area (Å²) in [5, 5.41) is 4.54. The van der Waals surface area contributed by atoms with Gasteiger partial charge in [0, 0.05) is 11.3 Å². The molecular formula is C30H24N2O4S.